The van der Waals surface area contributed by atoms with Crippen molar-refractivity contribution < 1.29 is 4.79 Å². The Balaban J connectivity index is 1.90. The van der Waals surface area contributed by atoms with Crippen molar-refractivity contribution >= 4 is 28.9 Å². The average molecular weight is 290 g/mol. The Morgan fingerprint density at radius 2 is 1.90 bits per heavy atom. The lowest BCUT2D eigenvalue weighted by Crippen LogP contribution is -2.39. The van der Waals surface area contributed by atoms with Gasteiger partial charge in [0.15, 0.2) is 5.11 Å². The van der Waals surface area contributed by atoms with Crippen molar-refractivity contribution in [3.8, 4) is 0 Å². The average Bonchev–Trinajstić information content (AvgIpc) is 2.43. The maximum Gasteiger partial charge on any atom is 0.229 e. The molecule has 0 unspecified atom stereocenters. The second-order valence-electron chi connectivity index (χ2n) is 5.60. The van der Waals surface area contributed by atoms with Crippen molar-refractivity contribution in [3.05, 3.63) is 29.3 Å². The topological polar surface area (TPSA) is 41.1 Å². The van der Waals surface area contributed by atoms with Crippen LogP contribution in [-0.4, -0.2) is 11.0 Å². The van der Waals surface area contributed by atoms with E-state index in [1.165, 1.54) is 12.0 Å². The number of anilines is 1. The van der Waals surface area contributed by atoms with Crippen LogP contribution in [0.2, 0.25) is 0 Å². The van der Waals surface area contributed by atoms with Crippen molar-refractivity contribution in [1.29, 1.82) is 0 Å². The third-order valence-electron chi connectivity index (χ3n) is 3.84. The minimum atomic E-state index is 0.0620. The second-order valence-corrected chi connectivity index (χ2v) is 6.00. The van der Waals surface area contributed by atoms with Gasteiger partial charge in [-0.15, -0.1) is 0 Å². The standard InChI is InChI=1S/C16H22N2OS/c1-11-8-9-14(12(2)10-11)17-16(20)18-15(19)13-6-4-3-5-7-13/h8-10,13H,3-7H2,1-2H3,(H2,17,18,19,20). The van der Waals surface area contributed by atoms with Gasteiger partial charge in [-0.2, -0.15) is 0 Å². The monoisotopic (exact) mass is 290 g/mol. The van der Waals surface area contributed by atoms with E-state index in [0.717, 1.165) is 36.9 Å². The normalized spacial score (nSPS) is 15.7. The SMILES string of the molecule is Cc1ccc(NC(=S)NC(=O)C2CCCCC2)c(C)c1. The highest BCUT2D eigenvalue weighted by atomic mass is 32.1. The first-order chi connectivity index (χ1) is 9.56. The first kappa shape index (κ1) is 15.0. The summed E-state index contributed by atoms with van der Waals surface area (Å²) >= 11 is 5.23. The number of rotatable bonds is 2. The lowest BCUT2D eigenvalue weighted by atomic mass is 9.89. The fourth-order valence-corrected chi connectivity index (χ4v) is 2.90. The van der Waals surface area contributed by atoms with Crippen molar-refractivity contribution in [1.82, 2.24) is 5.32 Å². The quantitative estimate of drug-likeness (QED) is 0.816. The molecule has 0 aliphatic heterocycles. The summed E-state index contributed by atoms with van der Waals surface area (Å²) in [7, 11) is 0. The molecule has 0 atom stereocenters. The van der Waals surface area contributed by atoms with Gasteiger partial charge in [-0.1, -0.05) is 37.0 Å². The third-order valence-corrected chi connectivity index (χ3v) is 4.05. The van der Waals surface area contributed by atoms with E-state index < -0.39 is 0 Å². The van der Waals surface area contributed by atoms with Gasteiger partial charge in [0.1, 0.15) is 0 Å². The summed E-state index contributed by atoms with van der Waals surface area (Å²) in [6.07, 6.45) is 5.51. The van der Waals surface area contributed by atoms with E-state index >= 15 is 0 Å². The number of amides is 1. The largest absolute Gasteiger partial charge is 0.332 e. The van der Waals surface area contributed by atoms with Crippen LogP contribution in [0.4, 0.5) is 5.69 Å². The van der Waals surface area contributed by atoms with E-state index in [1.54, 1.807) is 0 Å². The van der Waals surface area contributed by atoms with Crippen LogP contribution in [-0.2, 0) is 4.79 Å². The summed E-state index contributed by atoms with van der Waals surface area (Å²) in [4.78, 5) is 12.1. The van der Waals surface area contributed by atoms with Crippen LogP contribution < -0.4 is 10.6 Å². The number of carbonyl (C=O) groups is 1. The number of carbonyl (C=O) groups excluding carboxylic acids is 1. The molecule has 0 aromatic heterocycles. The molecule has 2 rings (SSSR count). The number of thiocarbonyl (C=S) groups is 1. The molecular formula is C16H22N2OS. The Morgan fingerprint density at radius 3 is 2.55 bits per heavy atom. The molecule has 3 nitrogen and oxygen atoms in total. The van der Waals surface area contributed by atoms with Gasteiger partial charge in [0.2, 0.25) is 5.91 Å². The molecule has 1 aromatic rings. The maximum atomic E-state index is 12.1. The third kappa shape index (κ3) is 4.04. The number of nitrogens with one attached hydrogen (secondary N) is 2. The molecule has 0 saturated heterocycles. The molecule has 1 fully saturated rings. The Bertz CT molecular complexity index is 507. The molecule has 0 spiro atoms. The zero-order valence-electron chi connectivity index (χ0n) is 12.2. The predicted molar refractivity (Wildman–Crippen MR) is 86.9 cm³/mol. The Morgan fingerprint density at radius 1 is 1.20 bits per heavy atom. The highest BCUT2D eigenvalue weighted by Gasteiger charge is 2.21. The minimum absolute atomic E-state index is 0.0620. The summed E-state index contributed by atoms with van der Waals surface area (Å²) in [5, 5.41) is 6.32. The molecule has 0 bridgehead atoms. The maximum absolute atomic E-state index is 12.1. The fourth-order valence-electron chi connectivity index (χ4n) is 2.69. The molecule has 20 heavy (non-hydrogen) atoms. The number of hydrogen-bond donors (Lipinski definition) is 2. The first-order valence-electron chi connectivity index (χ1n) is 7.25. The van der Waals surface area contributed by atoms with Crippen molar-refractivity contribution in [3.63, 3.8) is 0 Å². The molecule has 1 amide bonds. The highest BCUT2D eigenvalue weighted by Crippen LogP contribution is 2.23. The highest BCUT2D eigenvalue weighted by molar-refractivity contribution is 7.80. The summed E-state index contributed by atoms with van der Waals surface area (Å²) < 4.78 is 0. The van der Waals surface area contributed by atoms with Crippen LogP contribution in [0.15, 0.2) is 18.2 Å². The van der Waals surface area contributed by atoms with Crippen LogP contribution in [0.1, 0.15) is 43.2 Å². The lowest BCUT2D eigenvalue weighted by molar-refractivity contribution is -0.124. The number of aryl methyl sites for hydroxylation is 2. The Kier molecular flexibility index (Phi) is 5.12. The van der Waals surface area contributed by atoms with Gasteiger partial charge in [-0.05, 0) is 50.5 Å². The summed E-state index contributed by atoms with van der Waals surface area (Å²) in [6.45, 7) is 4.08. The Hall–Kier alpha value is -1.42. The van der Waals surface area contributed by atoms with Crippen molar-refractivity contribution in [2.75, 3.05) is 5.32 Å². The first-order valence-corrected chi connectivity index (χ1v) is 7.66. The summed E-state index contributed by atoms with van der Waals surface area (Å²) in [5.41, 5.74) is 3.29. The van der Waals surface area contributed by atoms with E-state index in [4.69, 9.17) is 12.2 Å². The zero-order chi connectivity index (χ0) is 14.5. The molecule has 108 valence electrons. The molecule has 0 heterocycles. The van der Waals surface area contributed by atoms with E-state index in [1.807, 2.05) is 19.1 Å². The summed E-state index contributed by atoms with van der Waals surface area (Å²) in [5.74, 6) is 0.189. The number of hydrogen-bond acceptors (Lipinski definition) is 2. The molecule has 1 saturated carbocycles. The van der Waals surface area contributed by atoms with Gasteiger partial charge in [-0.3, -0.25) is 4.79 Å². The van der Waals surface area contributed by atoms with Gasteiger partial charge >= 0.3 is 0 Å². The fraction of sp³-hybridized carbons (Fsp3) is 0.500. The smallest absolute Gasteiger partial charge is 0.229 e. The van der Waals surface area contributed by atoms with Gasteiger partial charge in [-0.25, -0.2) is 0 Å². The molecule has 2 N–H and O–H groups in total. The van der Waals surface area contributed by atoms with E-state index in [9.17, 15) is 4.79 Å². The lowest BCUT2D eigenvalue weighted by Gasteiger charge is -2.21. The molecular weight excluding hydrogens is 268 g/mol. The predicted octanol–water partition coefficient (Wildman–Crippen LogP) is 3.70. The van der Waals surface area contributed by atoms with Crippen molar-refractivity contribution in [2.45, 2.75) is 46.0 Å². The van der Waals surface area contributed by atoms with Crippen molar-refractivity contribution in [2.24, 2.45) is 5.92 Å². The van der Waals surface area contributed by atoms with E-state index in [-0.39, 0.29) is 11.8 Å². The van der Waals surface area contributed by atoms with E-state index in [0.29, 0.717) is 5.11 Å². The number of benzene rings is 1. The van der Waals surface area contributed by atoms with Gasteiger partial charge in [0.05, 0.1) is 0 Å². The molecule has 4 heteroatoms. The molecule has 1 aliphatic rings. The second kappa shape index (κ2) is 6.84. The summed E-state index contributed by atoms with van der Waals surface area (Å²) in [6, 6.07) is 6.11. The molecule has 1 aliphatic carbocycles. The van der Waals surface area contributed by atoms with E-state index in [2.05, 4.69) is 23.6 Å². The van der Waals surface area contributed by atoms with Crippen LogP contribution >= 0.6 is 12.2 Å². The van der Waals surface area contributed by atoms with Gasteiger partial charge in [0.25, 0.3) is 0 Å². The van der Waals surface area contributed by atoms with Crippen LogP contribution in [0.5, 0.6) is 0 Å². The van der Waals surface area contributed by atoms with Crippen LogP contribution in [0.3, 0.4) is 0 Å². The van der Waals surface area contributed by atoms with Gasteiger partial charge < -0.3 is 10.6 Å². The minimum Gasteiger partial charge on any atom is -0.332 e. The molecule has 1 aromatic carbocycles. The van der Waals surface area contributed by atoms with Crippen LogP contribution in [0, 0.1) is 19.8 Å². The molecule has 0 radical (unpaired) electrons. The van der Waals surface area contributed by atoms with Crippen LogP contribution in [0.25, 0.3) is 0 Å². The zero-order valence-corrected chi connectivity index (χ0v) is 13.0. The Labute approximate surface area is 126 Å². The van der Waals surface area contributed by atoms with Gasteiger partial charge in [0, 0.05) is 11.6 Å².